The first kappa shape index (κ1) is 19.4. The van der Waals surface area contributed by atoms with Crippen LogP contribution in [0.4, 0.5) is 5.69 Å². The van der Waals surface area contributed by atoms with E-state index in [9.17, 15) is 9.59 Å². The van der Waals surface area contributed by atoms with Gasteiger partial charge in [-0.15, -0.1) is 11.3 Å². The lowest BCUT2D eigenvalue weighted by molar-refractivity contribution is -0.146. The highest BCUT2D eigenvalue weighted by Gasteiger charge is 2.43. The van der Waals surface area contributed by atoms with Gasteiger partial charge in [-0.05, 0) is 41.6 Å². The van der Waals surface area contributed by atoms with Gasteiger partial charge in [-0.1, -0.05) is 6.42 Å². The molecule has 0 aromatic carbocycles. The fraction of sp³-hybridized carbons (Fsp3) is 0.647. The maximum Gasteiger partial charge on any atom is 0.350 e. The summed E-state index contributed by atoms with van der Waals surface area (Å²) in [6.07, 6.45) is 3.14. The molecule has 1 saturated carbocycles. The molecular weight excluding hydrogens is 424 g/mol. The molecule has 0 spiro atoms. The van der Waals surface area contributed by atoms with Gasteiger partial charge in [-0.25, -0.2) is 9.59 Å². The molecule has 7 nitrogen and oxygen atoms in total. The SMILES string of the molecule is CCOC(=O)C(C(N)C1CCC1)N1CCOc2c(Br)sc(C(=O)OC)c21. The number of methoxy groups -OCH3 is 1. The molecule has 0 amide bonds. The van der Waals surface area contributed by atoms with E-state index >= 15 is 0 Å². The topological polar surface area (TPSA) is 91.1 Å². The number of halogens is 1. The fourth-order valence-electron chi connectivity index (χ4n) is 3.44. The molecule has 1 aliphatic heterocycles. The zero-order valence-electron chi connectivity index (χ0n) is 14.8. The molecule has 144 valence electrons. The number of carbonyl (C=O) groups is 2. The molecule has 0 saturated heterocycles. The van der Waals surface area contributed by atoms with Crippen molar-refractivity contribution >= 4 is 44.9 Å². The summed E-state index contributed by atoms with van der Waals surface area (Å²) in [6.45, 7) is 2.90. The second kappa shape index (κ2) is 8.14. The van der Waals surface area contributed by atoms with E-state index in [4.69, 9.17) is 19.9 Å². The third kappa shape index (κ3) is 3.44. The summed E-state index contributed by atoms with van der Waals surface area (Å²) >= 11 is 4.68. The molecule has 26 heavy (non-hydrogen) atoms. The van der Waals surface area contributed by atoms with E-state index in [0.717, 1.165) is 19.3 Å². The zero-order chi connectivity index (χ0) is 18.8. The minimum Gasteiger partial charge on any atom is -0.487 e. The number of thiophene rings is 1. The molecule has 1 aromatic heterocycles. The van der Waals surface area contributed by atoms with Gasteiger partial charge in [0, 0.05) is 6.04 Å². The van der Waals surface area contributed by atoms with Crippen molar-refractivity contribution in [1.82, 2.24) is 0 Å². The lowest BCUT2D eigenvalue weighted by Crippen LogP contribution is -2.59. The monoisotopic (exact) mass is 446 g/mol. The molecule has 2 unspecified atom stereocenters. The smallest absolute Gasteiger partial charge is 0.350 e. The van der Waals surface area contributed by atoms with Crippen LogP contribution < -0.4 is 15.4 Å². The number of ether oxygens (including phenoxy) is 3. The molecular formula is C17H23BrN2O5S. The number of nitrogens with two attached hydrogens (primary N) is 1. The van der Waals surface area contributed by atoms with Gasteiger partial charge >= 0.3 is 11.9 Å². The minimum absolute atomic E-state index is 0.277. The van der Waals surface area contributed by atoms with Gasteiger partial charge in [0.25, 0.3) is 0 Å². The highest BCUT2D eigenvalue weighted by atomic mass is 79.9. The fourth-order valence-corrected chi connectivity index (χ4v) is 5.12. The van der Waals surface area contributed by atoms with E-state index in [0.29, 0.717) is 33.3 Å². The Morgan fingerprint density at radius 3 is 2.77 bits per heavy atom. The van der Waals surface area contributed by atoms with Crippen molar-refractivity contribution in [3.8, 4) is 5.75 Å². The number of anilines is 1. The third-order valence-electron chi connectivity index (χ3n) is 4.96. The summed E-state index contributed by atoms with van der Waals surface area (Å²) < 4.78 is 16.7. The Hall–Kier alpha value is -1.32. The van der Waals surface area contributed by atoms with E-state index < -0.39 is 12.0 Å². The number of esters is 2. The maximum absolute atomic E-state index is 12.8. The van der Waals surface area contributed by atoms with Gasteiger partial charge in [-0.3, -0.25) is 0 Å². The standard InChI is InChI=1S/C17H23BrN2O5S/c1-3-24-16(21)11(10(19)9-5-4-6-9)20-7-8-25-13-12(20)14(17(22)23-2)26-15(13)18/h9-11H,3-8,19H2,1-2H3. The summed E-state index contributed by atoms with van der Waals surface area (Å²) in [5.74, 6) is 0.00118. The number of nitrogens with zero attached hydrogens (tertiary/aromatic N) is 1. The average Bonchev–Trinajstić information content (AvgIpc) is 2.91. The van der Waals surface area contributed by atoms with Crippen LogP contribution in [0.5, 0.6) is 5.75 Å². The summed E-state index contributed by atoms with van der Waals surface area (Å²) in [5.41, 5.74) is 7.06. The van der Waals surface area contributed by atoms with Gasteiger partial charge in [0.1, 0.15) is 27.0 Å². The van der Waals surface area contributed by atoms with Crippen LogP contribution in [0, 0.1) is 5.92 Å². The summed E-state index contributed by atoms with van der Waals surface area (Å²) in [6, 6.07) is -1.02. The highest BCUT2D eigenvalue weighted by molar-refractivity contribution is 9.11. The second-order valence-corrected chi connectivity index (χ2v) is 8.72. The first-order chi connectivity index (χ1) is 12.5. The summed E-state index contributed by atoms with van der Waals surface area (Å²) in [5, 5.41) is 0. The van der Waals surface area contributed by atoms with Crippen molar-refractivity contribution in [3.05, 3.63) is 8.66 Å². The predicted molar refractivity (Wildman–Crippen MR) is 102 cm³/mol. The number of carbonyl (C=O) groups excluding carboxylic acids is 2. The Morgan fingerprint density at radius 1 is 1.46 bits per heavy atom. The largest absolute Gasteiger partial charge is 0.487 e. The van der Waals surface area contributed by atoms with Crippen LogP contribution in [0.15, 0.2) is 3.79 Å². The van der Waals surface area contributed by atoms with E-state index in [2.05, 4.69) is 15.9 Å². The molecule has 2 aliphatic rings. The van der Waals surface area contributed by atoms with Crippen molar-refractivity contribution in [3.63, 3.8) is 0 Å². The van der Waals surface area contributed by atoms with Crippen molar-refractivity contribution in [2.45, 2.75) is 38.3 Å². The third-order valence-corrected chi connectivity index (χ3v) is 6.73. The molecule has 1 aliphatic carbocycles. The number of fused-ring (bicyclic) bond motifs is 1. The first-order valence-corrected chi connectivity index (χ1v) is 10.3. The predicted octanol–water partition coefficient (Wildman–Crippen LogP) is 2.56. The molecule has 0 bridgehead atoms. The highest BCUT2D eigenvalue weighted by Crippen LogP contribution is 2.49. The van der Waals surface area contributed by atoms with Gasteiger partial charge in [-0.2, -0.15) is 0 Å². The lowest BCUT2D eigenvalue weighted by Gasteiger charge is -2.42. The van der Waals surface area contributed by atoms with Crippen LogP contribution >= 0.6 is 27.3 Å². The van der Waals surface area contributed by atoms with Crippen LogP contribution in [-0.4, -0.2) is 50.9 Å². The van der Waals surface area contributed by atoms with Gasteiger partial charge < -0.3 is 24.8 Å². The maximum atomic E-state index is 12.8. The van der Waals surface area contributed by atoms with Crippen LogP contribution in [-0.2, 0) is 14.3 Å². The van der Waals surface area contributed by atoms with E-state index in [1.54, 1.807) is 6.92 Å². The number of hydrogen-bond acceptors (Lipinski definition) is 8. The first-order valence-electron chi connectivity index (χ1n) is 8.71. The second-order valence-electron chi connectivity index (χ2n) is 6.38. The minimum atomic E-state index is -0.659. The zero-order valence-corrected chi connectivity index (χ0v) is 17.2. The van der Waals surface area contributed by atoms with Crippen LogP contribution in [0.3, 0.4) is 0 Å². The quantitative estimate of drug-likeness (QED) is 0.671. The van der Waals surface area contributed by atoms with E-state index in [1.807, 2.05) is 4.90 Å². The Labute approximate surface area is 164 Å². The van der Waals surface area contributed by atoms with Gasteiger partial charge in [0.05, 0.1) is 20.3 Å². The molecule has 9 heteroatoms. The Morgan fingerprint density at radius 2 is 2.19 bits per heavy atom. The molecule has 3 rings (SSSR count). The van der Waals surface area contributed by atoms with Crippen LogP contribution in [0.25, 0.3) is 0 Å². The van der Waals surface area contributed by atoms with Crippen molar-refractivity contribution in [1.29, 1.82) is 0 Å². The van der Waals surface area contributed by atoms with Crippen molar-refractivity contribution < 1.29 is 23.8 Å². The molecule has 2 atom stereocenters. The normalized spacial score (nSPS) is 19.0. The Bertz CT molecular complexity index is 691. The lowest BCUT2D eigenvalue weighted by atomic mass is 9.77. The molecule has 0 radical (unpaired) electrons. The van der Waals surface area contributed by atoms with Crippen LogP contribution in [0.2, 0.25) is 0 Å². The molecule has 1 fully saturated rings. The van der Waals surface area contributed by atoms with Crippen molar-refractivity contribution in [2.24, 2.45) is 11.7 Å². The van der Waals surface area contributed by atoms with Gasteiger partial charge in [0.15, 0.2) is 5.75 Å². The molecule has 2 heterocycles. The van der Waals surface area contributed by atoms with E-state index in [1.165, 1.54) is 18.4 Å². The van der Waals surface area contributed by atoms with Gasteiger partial charge in [0.2, 0.25) is 0 Å². The number of rotatable bonds is 6. The number of hydrogen-bond donors (Lipinski definition) is 1. The summed E-state index contributed by atoms with van der Waals surface area (Å²) in [4.78, 5) is 27.3. The average molecular weight is 447 g/mol. The molecule has 2 N–H and O–H groups in total. The van der Waals surface area contributed by atoms with Crippen molar-refractivity contribution in [2.75, 3.05) is 31.8 Å². The van der Waals surface area contributed by atoms with Crippen LogP contribution in [0.1, 0.15) is 35.9 Å². The Balaban J connectivity index is 2.03. The van der Waals surface area contributed by atoms with E-state index in [-0.39, 0.29) is 24.5 Å². The Kier molecular flexibility index (Phi) is 6.09. The molecule has 1 aromatic rings. The summed E-state index contributed by atoms with van der Waals surface area (Å²) in [7, 11) is 1.33.